The molecular weight excluding hydrogens is 254 g/mol. The number of carbonyl (C=O) groups excluding carboxylic acids is 1. The van der Waals surface area contributed by atoms with Crippen molar-refractivity contribution in [1.82, 2.24) is 0 Å². The number of hydrogen-bond donors (Lipinski definition) is 0. The van der Waals surface area contributed by atoms with E-state index in [0.717, 1.165) is 17.9 Å². The fourth-order valence-electron chi connectivity index (χ4n) is 2.48. The number of anilines is 1. The lowest BCUT2D eigenvalue weighted by Gasteiger charge is -2.27. The van der Waals surface area contributed by atoms with Gasteiger partial charge in [0, 0.05) is 12.3 Å². The number of furan rings is 1. The van der Waals surface area contributed by atoms with E-state index in [0.29, 0.717) is 19.0 Å². The Hall–Kier alpha value is -2.07. The third kappa shape index (κ3) is 2.47. The lowest BCUT2D eigenvalue weighted by atomic mass is 10.1. The van der Waals surface area contributed by atoms with Crippen LogP contribution in [0.25, 0.3) is 0 Å². The molecule has 0 saturated carbocycles. The number of hydrogen-bond acceptors (Lipinski definition) is 3. The Bertz CT molecular complexity index is 585. The molecule has 3 rings (SSSR count). The highest BCUT2D eigenvalue weighted by Gasteiger charge is 2.30. The van der Waals surface area contributed by atoms with Crippen molar-refractivity contribution in [2.24, 2.45) is 0 Å². The molecule has 2 heterocycles. The third-order valence-electron chi connectivity index (χ3n) is 3.48. The highest BCUT2D eigenvalue weighted by atomic mass is 16.5. The summed E-state index contributed by atoms with van der Waals surface area (Å²) < 4.78 is 10.9. The summed E-state index contributed by atoms with van der Waals surface area (Å²) in [5, 5.41) is 0. The van der Waals surface area contributed by atoms with Gasteiger partial charge in [0.2, 0.25) is 0 Å². The van der Waals surface area contributed by atoms with Gasteiger partial charge in [-0.1, -0.05) is 18.2 Å². The molecule has 1 atom stereocenters. The van der Waals surface area contributed by atoms with Crippen molar-refractivity contribution in [3.8, 4) is 0 Å². The zero-order valence-electron chi connectivity index (χ0n) is 11.4. The highest BCUT2D eigenvalue weighted by Crippen LogP contribution is 2.24. The monoisotopic (exact) mass is 271 g/mol. The van der Waals surface area contributed by atoms with E-state index in [9.17, 15) is 4.79 Å². The minimum atomic E-state index is -0.111. The molecule has 1 amide bonds. The van der Waals surface area contributed by atoms with Crippen LogP contribution in [0.4, 0.5) is 5.69 Å². The molecular formula is C16H17NO3. The summed E-state index contributed by atoms with van der Waals surface area (Å²) in [7, 11) is 0. The molecule has 104 valence electrons. The van der Waals surface area contributed by atoms with Gasteiger partial charge in [0.25, 0.3) is 5.91 Å². The zero-order valence-corrected chi connectivity index (χ0v) is 11.4. The van der Waals surface area contributed by atoms with Gasteiger partial charge in [0.15, 0.2) is 5.76 Å². The molecule has 1 fully saturated rings. The quantitative estimate of drug-likeness (QED) is 0.861. The summed E-state index contributed by atoms with van der Waals surface area (Å²) in [6.07, 6.45) is 0.848. The van der Waals surface area contributed by atoms with Crippen molar-refractivity contribution in [1.29, 1.82) is 0 Å². The number of nitrogens with zero attached hydrogens (tertiary/aromatic N) is 1. The van der Waals surface area contributed by atoms with E-state index in [1.807, 2.05) is 43.3 Å². The van der Waals surface area contributed by atoms with Gasteiger partial charge in [-0.25, -0.2) is 0 Å². The summed E-state index contributed by atoms with van der Waals surface area (Å²) in [6.45, 7) is 3.10. The summed E-state index contributed by atoms with van der Waals surface area (Å²) in [6, 6.07) is 13.3. The average molecular weight is 271 g/mol. The molecule has 1 aromatic carbocycles. The first-order chi connectivity index (χ1) is 9.75. The molecule has 4 nitrogen and oxygen atoms in total. The van der Waals surface area contributed by atoms with Crippen LogP contribution in [0.5, 0.6) is 0 Å². The van der Waals surface area contributed by atoms with Crippen LogP contribution in [0.1, 0.15) is 22.7 Å². The van der Waals surface area contributed by atoms with Gasteiger partial charge in [-0.2, -0.15) is 0 Å². The molecule has 0 N–H and O–H groups in total. The predicted molar refractivity (Wildman–Crippen MR) is 75.9 cm³/mol. The second kappa shape index (κ2) is 5.51. The van der Waals surface area contributed by atoms with E-state index in [2.05, 4.69) is 0 Å². The molecule has 1 aliphatic heterocycles. The Labute approximate surface area is 118 Å². The van der Waals surface area contributed by atoms with Crippen molar-refractivity contribution >= 4 is 11.6 Å². The van der Waals surface area contributed by atoms with E-state index >= 15 is 0 Å². The minimum absolute atomic E-state index is 0.0651. The second-order valence-electron chi connectivity index (χ2n) is 4.94. The van der Waals surface area contributed by atoms with Crippen LogP contribution in [0.15, 0.2) is 46.9 Å². The van der Waals surface area contributed by atoms with Crippen LogP contribution in [0.2, 0.25) is 0 Å². The van der Waals surface area contributed by atoms with Crippen molar-refractivity contribution in [3.63, 3.8) is 0 Å². The SMILES string of the molecule is Cc1ccc(C(=O)N(c2ccccc2)[C@@H]2CCOC2)o1. The smallest absolute Gasteiger partial charge is 0.294 e. The van der Waals surface area contributed by atoms with E-state index in [1.54, 1.807) is 11.0 Å². The van der Waals surface area contributed by atoms with Crippen molar-refractivity contribution in [3.05, 3.63) is 54.0 Å². The van der Waals surface area contributed by atoms with Crippen LogP contribution in [0.3, 0.4) is 0 Å². The van der Waals surface area contributed by atoms with Gasteiger partial charge < -0.3 is 14.1 Å². The molecule has 0 aliphatic carbocycles. The van der Waals surface area contributed by atoms with Crippen molar-refractivity contribution in [2.75, 3.05) is 18.1 Å². The Balaban J connectivity index is 1.95. The Morgan fingerprint density at radius 3 is 2.60 bits per heavy atom. The molecule has 1 aromatic heterocycles. The fourth-order valence-corrected chi connectivity index (χ4v) is 2.48. The number of aryl methyl sites for hydroxylation is 1. The molecule has 0 bridgehead atoms. The first kappa shape index (κ1) is 12.9. The van der Waals surface area contributed by atoms with Gasteiger partial charge in [0.05, 0.1) is 12.6 Å². The predicted octanol–water partition coefficient (Wildman–Crippen LogP) is 3.02. The molecule has 1 aliphatic rings. The van der Waals surface area contributed by atoms with Crippen molar-refractivity contribution in [2.45, 2.75) is 19.4 Å². The summed E-state index contributed by atoms with van der Waals surface area (Å²) in [5.41, 5.74) is 0.877. The minimum Gasteiger partial charge on any atom is -0.456 e. The van der Waals surface area contributed by atoms with Crippen LogP contribution in [-0.4, -0.2) is 25.2 Å². The highest BCUT2D eigenvalue weighted by molar-refractivity contribution is 6.04. The largest absolute Gasteiger partial charge is 0.456 e. The van der Waals surface area contributed by atoms with Gasteiger partial charge in [-0.3, -0.25) is 4.79 Å². The Kier molecular flexibility index (Phi) is 3.56. The van der Waals surface area contributed by atoms with Gasteiger partial charge in [0.1, 0.15) is 5.76 Å². The zero-order chi connectivity index (χ0) is 13.9. The molecule has 2 aromatic rings. The first-order valence-electron chi connectivity index (χ1n) is 6.78. The van der Waals surface area contributed by atoms with Gasteiger partial charge >= 0.3 is 0 Å². The maximum absolute atomic E-state index is 12.7. The normalized spacial score (nSPS) is 18.1. The third-order valence-corrected chi connectivity index (χ3v) is 3.48. The van der Waals surface area contributed by atoms with Crippen LogP contribution >= 0.6 is 0 Å². The van der Waals surface area contributed by atoms with Crippen LogP contribution in [-0.2, 0) is 4.74 Å². The topological polar surface area (TPSA) is 42.7 Å². The van der Waals surface area contributed by atoms with E-state index in [-0.39, 0.29) is 11.9 Å². The maximum Gasteiger partial charge on any atom is 0.294 e. The van der Waals surface area contributed by atoms with E-state index in [1.165, 1.54) is 0 Å². The standard InChI is InChI=1S/C16H17NO3/c1-12-7-8-15(20-12)16(18)17(14-9-10-19-11-14)13-5-3-2-4-6-13/h2-8,14H,9-11H2,1H3/t14-/m1/s1. The number of carbonyl (C=O) groups is 1. The summed E-state index contributed by atoms with van der Waals surface area (Å²) >= 11 is 0. The van der Waals surface area contributed by atoms with Crippen LogP contribution < -0.4 is 4.90 Å². The Morgan fingerprint density at radius 1 is 1.20 bits per heavy atom. The fraction of sp³-hybridized carbons (Fsp3) is 0.312. The first-order valence-corrected chi connectivity index (χ1v) is 6.78. The number of ether oxygens (including phenoxy) is 1. The van der Waals surface area contributed by atoms with Crippen molar-refractivity contribution < 1.29 is 13.9 Å². The molecule has 1 saturated heterocycles. The Morgan fingerprint density at radius 2 is 2.00 bits per heavy atom. The number of amides is 1. The number of para-hydroxylation sites is 1. The number of benzene rings is 1. The van der Waals surface area contributed by atoms with Crippen LogP contribution in [0, 0.1) is 6.92 Å². The lowest BCUT2D eigenvalue weighted by molar-refractivity contribution is 0.0943. The summed E-state index contributed by atoms with van der Waals surface area (Å²) in [5.74, 6) is 1.00. The molecule has 4 heteroatoms. The molecule has 0 unspecified atom stereocenters. The molecule has 0 radical (unpaired) electrons. The molecule has 0 spiro atoms. The maximum atomic E-state index is 12.7. The average Bonchev–Trinajstić information content (AvgIpc) is 3.12. The van der Waals surface area contributed by atoms with Gasteiger partial charge in [-0.15, -0.1) is 0 Å². The van der Waals surface area contributed by atoms with Gasteiger partial charge in [-0.05, 0) is 37.6 Å². The second-order valence-corrected chi connectivity index (χ2v) is 4.94. The molecule has 20 heavy (non-hydrogen) atoms. The summed E-state index contributed by atoms with van der Waals surface area (Å²) in [4.78, 5) is 14.5. The lowest BCUT2D eigenvalue weighted by Crippen LogP contribution is -2.40. The number of rotatable bonds is 3. The van der Waals surface area contributed by atoms with E-state index in [4.69, 9.17) is 9.15 Å². The van der Waals surface area contributed by atoms with E-state index < -0.39 is 0 Å².